The second-order valence-electron chi connectivity index (χ2n) is 4.87. The fourth-order valence-electron chi connectivity index (χ4n) is 2.30. The highest BCUT2D eigenvalue weighted by Crippen LogP contribution is 2.29. The van der Waals surface area contributed by atoms with Gasteiger partial charge in [0.2, 0.25) is 0 Å². The zero-order valence-corrected chi connectivity index (χ0v) is 13.7. The minimum atomic E-state index is -0.440. The predicted molar refractivity (Wildman–Crippen MR) is 85.7 cm³/mol. The molecule has 120 valence electrons. The van der Waals surface area contributed by atoms with E-state index in [1.165, 1.54) is 24.5 Å². The van der Waals surface area contributed by atoms with Crippen molar-refractivity contribution in [1.29, 1.82) is 0 Å². The lowest BCUT2D eigenvalue weighted by atomic mass is 10.1. The average Bonchev–Trinajstić information content (AvgIpc) is 3.07. The van der Waals surface area contributed by atoms with Gasteiger partial charge in [-0.3, -0.25) is 4.40 Å². The normalized spacial score (nSPS) is 11.0. The van der Waals surface area contributed by atoms with Crippen LogP contribution in [0.25, 0.3) is 16.2 Å². The Kier molecular flexibility index (Phi) is 4.04. The largest absolute Gasteiger partial charge is 0.494 e. The van der Waals surface area contributed by atoms with E-state index < -0.39 is 5.82 Å². The molecule has 0 bridgehead atoms. The number of aryl methyl sites for hydroxylation is 1. The Morgan fingerprint density at radius 2 is 2.22 bits per heavy atom. The monoisotopic (exact) mass is 334 g/mol. The van der Waals surface area contributed by atoms with Crippen molar-refractivity contribution in [3.05, 3.63) is 40.8 Å². The van der Waals surface area contributed by atoms with E-state index in [2.05, 4.69) is 4.98 Å². The molecule has 0 aliphatic carbocycles. The molecule has 5 nitrogen and oxygen atoms in total. The van der Waals surface area contributed by atoms with Gasteiger partial charge in [-0.05, 0) is 32.0 Å². The molecule has 0 aliphatic heterocycles. The lowest BCUT2D eigenvalue weighted by molar-refractivity contribution is 0.0531. The van der Waals surface area contributed by atoms with Crippen LogP contribution in [-0.4, -0.2) is 29.1 Å². The Morgan fingerprint density at radius 1 is 1.43 bits per heavy atom. The molecule has 0 aliphatic rings. The van der Waals surface area contributed by atoms with Gasteiger partial charge in [-0.25, -0.2) is 14.2 Å². The average molecular weight is 334 g/mol. The van der Waals surface area contributed by atoms with E-state index in [0.717, 1.165) is 5.69 Å². The maximum atomic E-state index is 13.8. The van der Waals surface area contributed by atoms with Crippen molar-refractivity contribution in [2.24, 2.45) is 0 Å². The van der Waals surface area contributed by atoms with E-state index in [0.29, 0.717) is 27.7 Å². The van der Waals surface area contributed by atoms with Gasteiger partial charge in [0.1, 0.15) is 4.88 Å². The highest BCUT2D eigenvalue weighted by Gasteiger charge is 2.19. The number of hydrogen-bond acceptors (Lipinski definition) is 5. The number of aromatic nitrogens is 2. The Bertz CT molecular complexity index is 885. The third-order valence-corrected chi connectivity index (χ3v) is 4.60. The van der Waals surface area contributed by atoms with Crippen LogP contribution in [0.3, 0.4) is 0 Å². The van der Waals surface area contributed by atoms with Crippen LogP contribution in [0.1, 0.15) is 22.3 Å². The highest BCUT2D eigenvalue weighted by atomic mass is 32.1. The van der Waals surface area contributed by atoms with E-state index in [9.17, 15) is 9.18 Å². The third kappa shape index (κ3) is 2.68. The van der Waals surface area contributed by atoms with Gasteiger partial charge in [0.05, 0.1) is 19.4 Å². The topological polar surface area (TPSA) is 52.8 Å². The summed E-state index contributed by atoms with van der Waals surface area (Å²) in [6.07, 6.45) is 1.78. The number of benzene rings is 1. The summed E-state index contributed by atoms with van der Waals surface area (Å²) >= 11 is 1.26. The number of carbonyl (C=O) groups is 1. The van der Waals surface area contributed by atoms with Gasteiger partial charge in [0.15, 0.2) is 16.5 Å². The molecule has 0 radical (unpaired) electrons. The highest BCUT2D eigenvalue weighted by molar-refractivity contribution is 7.19. The molecule has 3 rings (SSSR count). The summed E-state index contributed by atoms with van der Waals surface area (Å²) in [6.45, 7) is 3.92. The molecule has 0 unspecified atom stereocenters. The first-order valence-electron chi connectivity index (χ1n) is 7.04. The number of ether oxygens (including phenoxy) is 2. The zero-order valence-electron chi connectivity index (χ0n) is 12.9. The molecule has 0 amide bonds. The summed E-state index contributed by atoms with van der Waals surface area (Å²) in [5.74, 6) is -0.599. The molecule has 0 fully saturated rings. The van der Waals surface area contributed by atoms with Crippen molar-refractivity contribution < 1.29 is 18.7 Å². The van der Waals surface area contributed by atoms with E-state index in [4.69, 9.17) is 9.47 Å². The van der Waals surface area contributed by atoms with Gasteiger partial charge < -0.3 is 9.47 Å². The summed E-state index contributed by atoms with van der Waals surface area (Å²) in [5, 5.41) is 0. The van der Waals surface area contributed by atoms with E-state index in [1.54, 1.807) is 25.3 Å². The van der Waals surface area contributed by atoms with Crippen molar-refractivity contribution in [3.8, 4) is 17.0 Å². The molecule has 0 atom stereocenters. The standard InChI is InChI=1S/C16H15FN2O3S/c1-4-22-15(20)14-9(2)19-8-12(18-16(19)23-14)10-5-6-13(21-3)11(17)7-10/h5-8H,4H2,1-3H3. The Labute approximate surface area is 136 Å². The third-order valence-electron chi connectivity index (χ3n) is 3.47. The number of halogens is 1. The number of fused-ring (bicyclic) bond motifs is 1. The van der Waals surface area contributed by atoms with Crippen LogP contribution in [0.5, 0.6) is 5.75 Å². The van der Waals surface area contributed by atoms with Crippen molar-refractivity contribution >= 4 is 22.3 Å². The second kappa shape index (κ2) is 6.00. The Balaban J connectivity index is 2.01. The molecule has 0 saturated carbocycles. The van der Waals surface area contributed by atoms with Gasteiger partial charge in [0, 0.05) is 17.5 Å². The summed E-state index contributed by atoms with van der Waals surface area (Å²) in [5.41, 5.74) is 2.05. The molecule has 1 aromatic carbocycles. The predicted octanol–water partition coefficient (Wildman–Crippen LogP) is 3.70. The Morgan fingerprint density at radius 3 is 2.83 bits per heavy atom. The minimum Gasteiger partial charge on any atom is -0.494 e. The van der Waals surface area contributed by atoms with Crippen LogP contribution >= 0.6 is 11.3 Å². The number of esters is 1. The summed E-state index contributed by atoms with van der Waals surface area (Å²) in [7, 11) is 1.42. The molecular weight excluding hydrogens is 319 g/mol. The van der Waals surface area contributed by atoms with E-state index in [-0.39, 0.29) is 11.7 Å². The smallest absolute Gasteiger partial charge is 0.350 e. The minimum absolute atomic E-state index is 0.190. The van der Waals surface area contributed by atoms with Crippen LogP contribution in [0.2, 0.25) is 0 Å². The number of hydrogen-bond donors (Lipinski definition) is 0. The molecule has 0 spiro atoms. The van der Waals surface area contributed by atoms with Crippen LogP contribution in [-0.2, 0) is 4.74 Å². The van der Waals surface area contributed by atoms with E-state index in [1.807, 2.05) is 11.3 Å². The maximum Gasteiger partial charge on any atom is 0.350 e. The van der Waals surface area contributed by atoms with Crippen LogP contribution < -0.4 is 4.74 Å². The van der Waals surface area contributed by atoms with Gasteiger partial charge >= 0.3 is 5.97 Å². The molecule has 3 aromatic rings. The lowest BCUT2D eigenvalue weighted by Gasteiger charge is -2.03. The molecule has 0 saturated heterocycles. The number of nitrogens with zero attached hydrogens (tertiary/aromatic N) is 2. The van der Waals surface area contributed by atoms with Gasteiger partial charge in [-0.1, -0.05) is 11.3 Å². The van der Waals surface area contributed by atoms with Gasteiger partial charge in [-0.2, -0.15) is 0 Å². The van der Waals surface area contributed by atoms with Gasteiger partial charge in [-0.15, -0.1) is 0 Å². The number of thiazole rings is 1. The molecule has 23 heavy (non-hydrogen) atoms. The molecular formula is C16H15FN2O3S. The quantitative estimate of drug-likeness (QED) is 0.683. The summed E-state index contributed by atoms with van der Waals surface area (Å²) in [6, 6.07) is 4.69. The first kappa shape index (κ1) is 15.5. The van der Waals surface area contributed by atoms with Crippen molar-refractivity contribution in [3.63, 3.8) is 0 Å². The fraction of sp³-hybridized carbons (Fsp3) is 0.250. The van der Waals surface area contributed by atoms with E-state index >= 15 is 0 Å². The summed E-state index contributed by atoms with van der Waals surface area (Å²) in [4.78, 5) is 17.5. The number of methoxy groups -OCH3 is 1. The second-order valence-corrected chi connectivity index (χ2v) is 5.84. The lowest BCUT2D eigenvalue weighted by Crippen LogP contribution is -2.04. The number of carbonyl (C=O) groups excluding carboxylic acids is 1. The fourth-order valence-corrected chi connectivity index (χ4v) is 3.30. The molecule has 0 N–H and O–H groups in total. The molecule has 2 aromatic heterocycles. The van der Waals surface area contributed by atoms with Crippen LogP contribution in [0, 0.1) is 12.7 Å². The van der Waals surface area contributed by atoms with Crippen molar-refractivity contribution in [2.75, 3.05) is 13.7 Å². The van der Waals surface area contributed by atoms with Crippen molar-refractivity contribution in [2.45, 2.75) is 13.8 Å². The molecule has 2 heterocycles. The number of imidazole rings is 1. The summed E-state index contributed by atoms with van der Waals surface area (Å²) < 4.78 is 25.6. The Hall–Kier alpha value is -2.41. The maximum absolute atomic E-state index is 13.8. The first-order chi connectivity index (χ1) is 11.0. The van der Waals surface area contributed by atoms with Crippen molar-refractivity contribution in [1.82, 2.24) is 9.38 Å². The number of rotatable bonds is 4. The first-order valence-corrected chi connectivity index (χ1v) is 7.86. The SMILES string of the molecule is CCOC(=O)c1sc2nc(-c3ccc(OC)c(F)c3)cn2c1C. The zero-order chi connectivity index (χ0) is 16.6. The van der Waals surface area contributed by atoms with Gasteiger partial charge in [0.25, 0.3) is 0 Å². The van der Waals surface area contributed by atoms with Crippen LogP contribution in [0.4, 0.5) is 4.39 Å². The van der Waals surface area contributed by atoms with Crippen LogP contribution in [0.15, 0.2) is 24.4 Å². The molecule has 7 heteroatoms.